The van der Waals surface area contributed by atoms with Gasteiger partial charge in [-0.15, -0.1) is 0 Å². The van der Waals surface area contributed by atoms with Crippen LogP contribution < -0.4 is 0 Å². The van der Waals surface area contributed by atoms with Crippen molar-refractivity contribution in [2.75, 3.05) is 6.54 Å². The first-order chi connectivity index (χ1) is 17.2. The number of likely N-dealkylation sites (tertiary alicyclic amines) is 1. The zero-order valence-corrected chi connectivity index (χ0v) is 21.1. The number of rotatable bonds is 8. The molecule has 2 aromatic carbocycles. The average Bonchev–Trinajstić information content (AvgIpc) is 2.83. The van der Waals surface area contributed by atoms with Crippen LogP contribution in [0.5, 0.6) is 0 Å². The quantitative estimate of drug-likeness (QED) is 0.349. The van der Waals surface area contributed by atoms with E-state index in [1.807, 2.05) is 0 Å². The Hall–Kier alpha value is -2.55. The number of hydrogen-bond donors (Lipinski definition) is 1. The minimum absolute atomic E-state index is 0.181. The number of alkyl halides is 6. The summed E-state index contributed by atoms with van der Waals surface area (Å²) < 4.78 is 79.1. The van der Waals surface area contributed by atoms with E-state index in [0.717, 1.165) is 30.7 Å². The lowest BCUT2D eigenvalue weighted by Gasteiger charge is -2.45. The monoisotopic (exact) mass is 529 g/mol. The maximum absolute atomic E-state index is 13.2. The molecule has 1 fully saturated rings. The molecule has 204 valence electrons. The molecule has 1 saturated heterocycles. The van der Waals surface area contributed by atoms with E-state index in [2.05, 4.69) is 18.7 Å². The van der Waals surface area contributed by atoms with Gasteiger partial charge in [-0.05, 0) is 79.5 Å². The van der Waals surface area contributed by atoms with E-state index < -0.39 is 35.4 Å². The van der Waals surface area contributed by atoms with E-state index in [1.54, 1.807) is 6.92 Å². The van der Waals surface area contributed by atoms with Gasteiger partial charge < -0.3 is 5.11 Å². The Morgan fingerprint density at radius 2 is 1.41 bits per heavy atom. The molecule has 9 heteroatoms. The predicted molar refractivity (Wildman–Crippen MR) is 129 cm³/mol. The maximum Gasteiger partial charge on any atom is 0.416 e. The van der Waals surface area contributed by atoms with Gasteiger partial charge in [0.25, 0.3) is 0 Å². The third-order valence-corrected chi connectivity index (χ3v) is 7.44. The van der Waals surface area contributed by atoms with Gasteiger partial charge in [0, 0.05) is 12.1 Å². The number of piperidine rings is 1. The molecular weight excluding hydrogens is 496 g/mol. The summed E-state index contributed by atoms with van der Waals surface area (Å²) in [5.74, 6) is -1.39. The number of nitrogens with zero attached hydrogens (tertiary/aromatic N) is 1. The maximum atomic E-state index is 13.2. The number of carboxylic acids is 1. The molecule has 0 bridgehead atoms. The van der Waals surface area contributed by atoms with E-state index in [4.69, 9.17) is 0 Å². The van der Waals surface area contributed by atoms with Crippen LogP contribution in [0.3, 0.4) is 0 Å². The molecule has 0 aromatic heterocycles. The number of halogens is 6. The van der Waals surface area contributed by atoms with Crippen LogP contribution in [0.25, 0.3) is 0 Å². The first kappa shape index (κ1) is 29.0. The van der Waals surface area contributed by atoms with Crippen LogP contribution >= 0.6 is 0 Å². The van der Waals surface area contributed by atoms with Gasteiger partial charge in [-0.3, -0.25) is 9.69 Å². The highest BCUT2D eigenvalue weighted by Crippen LogP contribution is 2.44. The van der Waals surface area contributed by atoms with E-state index >= 15 is 0 Å². The Labute approximate surface area is 213 Å². The molecule has 1 N–H and O–H groups in total. The summed E-state index contributed by atoms with van der Waals surface area (Å²) in [5.41, 5.74) is -0.174. The fraction of sp³-hybridized carbons (Fsp3) is 0.536. The van der Waals surface area contributed by atoms with Gasteiger partial charge in [0.1, 0.15) is 0 Å². The van der Waals surface area contributed by atoms with Crippen molar-refractivity contribution in [1.82, 2.24) is 4.90 Å². The molecule has 0 radical (unpaired) electrons. The number of carboxylic acid groups (broad SMARTS) is 1. The van der Waals surface area contributed by atoms with Crippen LogP contribution in [0.4, 0.5) is 26.3 Å². The molecule has 1 aliphatic heterocycles. The third kappa shape index (κ3) is 7.27. The van der Waals surface area contributed by atoms with Crippen LogP contribution in [0, 0.1) is 17.8 Å². The average molecular weight is 530 g/mol. The van der Waals surface area contributed by atoms with E-state index in [9.17, 15) is 36.2 Å². The summed E-state index contributed by atoms with van der Waals surface area (Å²) in [7, 11) is 0. The SMILES string of the molecule is CC(C)CC[C@H](c1ccc(C(F)(F)F)cc1)N1CC[C@H](C(C)C(=O)O)C[C@H]1c1ccc(C(F)(F)F)cc1. The highest BCUT2D eigenvalue weighted by Gasteiger charge is 2.39. The van der Waals surface area contributed by atoms with Crippen LogP contribution in [0.2, 0.25) is 0 Å². The summed E-state index contributed by atoms with van der Waals surface area (Å²) >= 11 is 0. The highest BCUT2D eigenvalue weighted by atomic mass is 19.4. The topological polar surface area (TPSA) is 40.5 Å². The van der Waals surface area contributed by atoms with Crippen molar-refractivity contribution >= 4 is 5.97 Å². The Morgan fingerprint density at radius 3 is 1.86 bits per heavy atom. The smallest absolute Gasteiger partial charge is 0.416 e. The fourth-order valence-corrected chi connectivity index (χ4v) is 5.17. The van der Waals surface area contributed by atoms with Gasteiger partial charge >= 0.3 is 18.3 Å². The fourth-order valence-electron chi connectivity index (χ4n) is 5.17. The van der Waals surface area contributed by atoms with Crippen molar-refractivity contribution in [1.29, 1.82) is 0 Å². The lowest BCUT2D eigenvalue weighted by molar-refractivity contribution is -0.144. The molecule has 0 amide bonds. The van der Waals surface area contributed by atoms with Gasteiger partial charge in [0.2, 0.25) is 0 Å². The van der Waals surface area contributed by atoms with Crippen LogP contribution in [0.1, 0.15) is 80.8 Å². The minimum Gasteiger partial charge on any atom is -0.481 e. The summed E-state index contributed by atoms with van der Waals surface area (Å²) in [6, 6.07) is 9.35. The number of aliphatic carboxylic acids is 1. The zero-order valence-electron chi connectivity index (χ0n) is 21.1. The first-order valence-electron chi connectivity index (χ1n) is 12.5. The van der Waals surface area contributed by atoms with Crippen LogP contribution in [-0.2, 0) is 17.1 Å². The van der Waals surface area contributed by atoms with Gasteiger partial charge in [-0.2, -0.15) is 26.3 Å². The second-order valence-electron chi connectivity index (χ2n) is 10.4. The van der Waals surface area contributed by atoms with Crippen molar-refractivity contribution in [2.24, 2.45) is 17.8 Å². The number of hydrogen-bond acceptors (Lipinski definition) is 2. The summed E-state index contributed by atoms with van der Waals surface area (Å²) in [4.78, 5) is 13.8. The zero-order chi connectivity index (χ0) is 27.5. The molecule has 1 unspecified atom stereocenters. The van der Waals surface area contributed by atoms with Gasteiger partial charge in [0.05, 0.1) is 17.0 Å². The number of benzene rings is 2. The lowest BCUT2D eigenvalue weighted by atomic mass is 9.78. The second-order valence-corrected chi connectivity index (χ2v) is 10.4. The van der Waals surface area contributed by atoms with E-state index in [-0.39, 0.29) is 18.0 Å². The standard InChI is InChI=1S/C28H33F6NO2/c1-17(2)4-13-24(19-5-9-22(10-6-19)27(29,30)31)35-15-14-21(18(3)26(36)37)16-25(35)20-7-11-23(12-8-20)28(32,33)34/h5-12,17-18,21,24-25H,4,13-16H2,1-3H3,(H,36,37)/t18?,21-,24+,25-/m0/s1. The van der Waals surface area contributed by atoms with Crippen LogP contribution in [0.15, 0.2) is 48.5 Å². The Balaban J connectivity index is 2.02. The minimum atomic E-state index is -4.48. The van der Waals surface area contributed by atoms with Crippen molar-refractivity contribution in [2.45, 2.75) is 70.9 Å². The Kier molecular flexibility index (Phi) is 8.98. The van der Waals surface area contributed by atoms with Crippen molar-refractivity contribution < 1.29 is 36.2 Å². The molecular formula is C28H33F6NO2. The molecule has 2 aromatic rings. The molecule has 4 atom stereocenters. The molecule has 3 rings (SSSR count). The van der Waals surface area contributed by atoms with Gasteiger partial charge in [-0.1, -0.05) is 45.0 Å². The second kappa shape index (κ2) is 11.5. The molecule has 0 spiro atoms. The molecule has 37 heavy (non-hydrogen) atoms. The molecule has 0 saturated carbocycles. The van der Waals surface area contributed by atoms with Crippen molar-refractivity contribution in [3.63, 3.8) is 0 Å². The summed E-state index contributed by atoms with van der Waals surface area (Å²) in [6.07, 6.45) is -6.48. The predicted octanol–water partition coefficient (Wildman–Crippen LogP) is 8.38. The van der Waals surface area contributed by atoms with Crippen molar-refractivity contribution in [3.05, 3.63) is 70.8 Å². The van der Waals surface area contributed by atoms with E-state index in [1.165, 1.54) is 24.3 Å². The molecule has 3 nitrogen and oxygen atoms in total. The third-order valence-electron chi connectivity index (χ3n) is 7.44. The summed E-state index contributed by atoms with van der Waals surface area (Å²) in [6.45, 7) is 6.23. The summed E-state index contributed by atoms with van der Waals surface area (Å²) in [5, 5.41) is 9.58. The molecule has 0 aliphatic carbocycles. The van der Waals surface area contributed by atoms with E-state index in [0.29, 0.717) is 42.9 Å². The molecule has 1 heterocycles. The van der Waals surface area contributed by atoms with Crippen LogP contribution in [-0.4, -0.2) is 22.5 Å². The normalized spacial score (nSPS) is 21.1. The largest absolute Gasteiger partial charge is 0.481 e. The number of carbonyl (C=O) groups is 1. The van der Waals surface area contributed by atoms with Gasteiger partial charge in [-0.25, -0.2) is 0 Å². The molecule has 1 aliphatic rings. The first-order valence-corrected chi connectivity index (χ1v) is 12.5. The van der Waals surface area contributed by atoms with Crippen molar-refractivity contribution in [3.8, 4) is 0 Å². The lowest BCUT2D eigenvalue weighted by Crippen LogP contribution is -2.42. The highest BCUT2D eigenvalue weighted by molar-refractivity contribution is 5.69. The Morgan fingerprint density at radius 1 is 0.892 bits per heavy atom. The Bertz CT molecular complexity index is 1030. The van der Waals surface area contributed by atoms with Gasteiger partial charge in [0.15, 0.2) is 0 Å².